The molecule has 122 valence electrons. The molecule has 0 unspecified atom stereocenters. The fraction of sp³-hybridized carbons (Fsp3) is 0.400. The van der Waals surface area contributed by atoms with E-state index in [0.717, 1.165) is 10.6 Å². The van der Waals surface area contributed by atoms with Gasteiger partial charge in [-0.05, 0) is 18.4 Å². The van der Waals surface area contributed by atoms with Crippen LogP contribution in [-0.2, 0) is 16.1 Å². The first-order valence-electron chi connectivity index (χ1n) is 7.21. The number of aryl methyl sites for hydroxylation is 1. The average Bonchev–Trinajstić information content (AvgIpc) is 3.24. The molecule has 1 amide bonds. The third-order valence-electron chi connectivity index (χ3n) is 3.43. The number of aromatic nitrogens is 1. The van der Waals surface area contributed by atoms with Crippen LogP contribution in [-0.4, -0.2) is 39.9 Å². The Bertz CT molecular complexity index is 696. The van der Waals surface area contributed by atoms with Gasteiger partial charge in [-0.25, -0.2) is 4.98 Å². The van der Waals surface area contributed by atoms with E-state index in [1.807, 2.05) is 17.5 Å². The molecule has 1 fully saturated rings. The van der Waals surface area contributed by atoms with Crippen molar-refractivity contribution in [2.45, 2.75) is 20.0 Å². The summed E-state index contributed by atoms with van der Waals surface area (Å²) in [6, 6.07) is 3.86. The fourth-order valence-corrected chi connectivity index (χ4v) is 3.64. The molecule has 0 aliphatic carbocycles. The predicted molar refractivity (Wildman–Crippen MR) is 88.4 cm³/mol. The molecular weight excluding hydrogens is 336 g/mol. The van der Waals surface area contributed by atoms with E-state index in [0.29, 0.717) is 30.4 Å². The molecule has 1 saturated heterocycles. The van der Waals surface area contributed by atoms with Crippen molar-refractivity contribution >= 4 is 34.3 Å². The highest BCUT2D eigenvalue weighted by molar-refractivity contribution is 8.13. The summed E-state index contributed by atoms with van der Waals surface area (Å²) in [5.74, 6) is 1.64. The van der Waals surface area contributed by atoms with Crippen LogP contribution in [0.3, 0.4) is 0 Å². The van der Waals surface area contributed by atoms with Gasteiger partial charge in [0.2, 0.25) is 5.89 Å². The fourth-order valence-electron chi connectivity index (χ4n) is 2.14. The number of rotatable bonds is 6. The minimum absolute atomic E-state index is 0.0331. The molecule has 1 aliphatic rings. The Morgan fingerprint density at radius 2 is 2.39 bits per heavy atom. The lowest BCUT2D eigenvalue weighted by Gasteiger charge is -2.13. The highest BCUT2D eigenvalue weighted by Crippen LogP contribution is 2.26. The molecule has 0 N–H and O–H groups in total. The summed E-state index contributed by atoms with van der Waals surface area (Å²) >= 11 is 2.83. The van der Waals surface area contributed by atoms with Gasteiger partial charge in [0.15, 0.2) is 0 Å². The molecule has 3 heterocycles. The Kier molecular flexibility index (Phi) is 5.02. The second kappa shape index (κ2) is 7.18. The molecule has 2 aromatic rings. The molecule has 2 aromatic heterocycles. The van der Waals surface area contributed by atoms with E-state index in [1.54, 1.807) is 23.2 Å². The summed E-state index contributed by atoms with van der Waals surface area (Å²) in [7, 11) is 0. The number of carbonyl (C=O) groups is 2. The Morgan fingerprint density at radius 3 is 3.09 bits per heavy atom. The van der Waals surface area contributed by atoms with Crippen LogP contribution in [0.15, 0.2) is 21.9 Å². The van der Waals surface area contributed by atoms with Crippen molar-refractivity contribution in [2.24, 2.45) is 0 Å². The molecule has 0 radical (unpaired) electrons. The largest absolute Gasteiger partial charge is 0.459 e. The first-order chi connectivity index (χ1) is 11.1. The molecule has 6 nitrogen and oxygen atoms in total. The van der Waals surface area contributed by atoms with Crippen LogP contribution in [0.4, 0.5) is 4.79 Å². The van der Waals surface area contributed by atoms with E-state index in [1.165, 1.54) is 11.8 Å². The summed E-state index contributed by atoms with van der Waals surface area (Å²) < 4.78 is 10.8. The van der Waals surface area contributed by atoms with E-state index in [9.17, 15) is 9.59 Å². The van der Waals surface area contributed by atoms with Crippen molar-refractivity contribution in [3.63, 3.8) is 0 Å². The normalized spacial score (nSPS) is 14.5. The lowest BCUT2D eigenvalue weighted by molar-refractivity contribution is -0.145. The van der Waals surface area contributed by atoms with Crippen LogP contribution < -0.4 is 0 Å². The lowest BCUT2D eigenvalue weighted by atomic mass is 10.3. The number of thioether (sulfide) groups is 1. The number of thiophene rings is 1. The van der Waals surface area contributed by atoms with Gasteiger partial charge in [-0.15, -0.1) is 11.3 Å². The summed E-state index contributed by atoms with van der Waals surface area (Å²) in [5, 5.41) is 1.98. The van der Waals surface area contributed by atoms with Crippen LogP contribution in [0.1, 0.15) is 17.9 Å². The van der Waals surface area contributed by atoms with Gasteiger partial charge in [0.25, 0.3) is 5.24 Å². The zero-order chi connectivity index (χ0) is 16.2. The number of hydrogen-bond donors (Lipinski definition) is 0. The maximum atomic E-state index is 11.8. The van der Waals surface area contributed by atoms with Crippen molar-refractivity contribution in [2.75, 3.05) is 18.8 Å². The highest BCUT2D eigenvalue weighted by atomic mass is 32.2. The van der Waals surface area contributed by atoms with Gasteiger partial charge in [-0.1, -0.05) is 17.8 Å². The second-order valence-electron chi connectivity index (χ2n) is 5.01. The molecule has 0 bridgehead atoms. The van der Waals surface area contributed by atoms with Gasteiger partial charge in [0.05, 0.1) is 11.3 Å². The maximum absolute atomic E-state index is 11.8. The first kappa shape index (κ1) is 16.1. The molecule has 8 heteroatoms. The second-order valence-corrected chi connectivity index (χ2v) is 7.01. The molecule has 0 saturated carbocycles. The quantitative estimate of drug-likeness (QED) is 0.743. The van der Waals surface area contributed by atoms with Gasteiger partial charge in [0.1, 0.15) is 18.1 Å². The molecule has 0 aromatic carbocycles. The van der Waals surface area contributed by atoms with Crippen LogP contribution in [0.5, 0.6) is 0 Å². The minimum Gasteiger partial charge on any atom is -0.459 e. The number of hydrogen-bond acceptors (Lipinski definition) is 7. The van der Waals surface area contributed by atoms with Crippen LogP contribution in [0.25, 0.3) is 10.8 Å². The van der Waals surface area contributed by atoms with Gasteiger partial charge in [-0.2, -0.15) is 0 Å². The SMILES string of the molecule is Cc1oc(-c2cccs2)nc1COC(=O)CCN1CCSC1=O. The summed E-state index contributed by atoms with van der Waals surface area (Å²) in [5.41, 5.74) is 0.620. The highest BCUT2D eigenvalue weighted by Gasteiger charge is 2.22. The molecule has 1 aliphatic heterocycles. The molecule has 23 heavy (non-hydrogen) atoms. The van der Waals surface area contributed by atoms with Gasteiger partial charge in [-0.3, -0.25) is 9.59 Å². The van der Waals surface area contributed by atoms with Crippen LogP contribution in [0, 0.1) is 6.92 Å². The minimum atomic E-state index is -0.338. The van der Waals surface area contributed by atoms with Crippen molar-refractivity contribution in [1.82, 2.24) is 9.88 Å². The lowest BCUT2D eigenvalue weighted by Crippen LogP contribution is -2.26. The molecule has 0 spiro atoms. The van der Waals surface area contributed by atoms with E-state index < -0.39 is 0 Å². The summed E-state index contributed by atoms with van der Waals surface area (Å²) in [6.07, 6.45) is 0.195. The monoisotopic (exact) mass is 352 g/mol. The predicted octanol–water partition coefficient (Wildman–Crippen LogP) is 3.31. The Hall–Kier alpha value is -1.80. The zero-order valence-corrected chi connectivity index (χ0v) is 14.2. The average molecular weight is 352 g/mol. The van der Waals surface area contributed by atoms with Crippen LogP contribution in [0.2, 0.25) is 0 Å². The van der Waals surface area contributed by atoms with Crippen molar-refractivity contribution in [3.05, 3.63) is 29.0 Å². The maximum Gasteiger partial charge on any atom is 0.307 e. The van der Waals surface area contributed by atoms with Crippen molar-refractivity contribution in [3.8, 4) is 10.8 Å². The smallest absolute Gasteiger partial charge is 0.307 e. The Labute approximate surface area is 141 Å². The zero-order valence-electron chi connectivity index (χ0n) is 12.6. The van der Waals surface area contributed by atoms with E-state index in [2.05, 4.69) is 4.98 Å². The van der Waals surface area contributed by atoms with Gasteiger partial charge in [0, 0.05) is 18.8 Å². The van der Waals surface area contributed by atoms with Crippen molar-refractivity contribution < 1.29 is 18.7 Å². The summed E-state index contributed by atoms with van der Waals surface area (Å²) in [4.78, 5) is 30.2. The van der Waals surface area contributed by atoms with E-state index in [4.69, 9.17) is 9.15 Å². The van der Waals surface area contributed by atoms with Crippen LogP contribution >= 0.6 is 23.1 Å². The van der Waals surface area contributed by atoms with Gasteiger partial charge >= 0.3 is 5.97 Å². The molecular formula is C15H16N2O4S2. The molecule has 3 rings (SSSR count). The van der Waals surface area contributed by atoms with Crippen molar-refractivity contribution in [1.29, 1.82) is 0 Å². The first-order valence-corrected chi connectivity index (χ1v) is 9.07. The van der Waals surface area contributed by atoms with E-state index in [-0.39, 0.29) is 24.2 Å². The third-order valence-corrected chi connectivity index (χ3v) is 5.17. The summed E-state index contributed by atoms with van der Waals surface area (Å²) in [6.45, 7) is 2.99. The Morgan fingerprint density at radius 1 is 1.52 bits per heavy atom. The van der Waals surface area contributed by atoms with Gasteiger partial charge < -0.3 is 14.1 Å². The number of carbonyl (C=O) groups excluding carboxylic acids is 2. The topological polar surface area (TPSA) is 72.6 Å². The Balaban J connectivity index is 1.50. The standard InChI is InChI=1S/C15H16N2O4S2/c1-10-11(16-14(21-10)12-3-2-7-22-12)9-20-13(18)4-5-17-6-8-23-15(17)19/h2-3,7H,4-6,8-9H2,1H3. The number of nitrogens with zero attached hydrogens (tertiary/aromatic N) is 2. The number of ether oxygens (including phenoxy) is 1. The number of amides is 1. The third kappa shape index (κ3) is 3.94. The number of esters is 1. The number of oxazole rings is 1. The van der Waals surface area contributed by atoms with E-state index >= 15 is 0 Å². The molecule has 0 atom stereocenters.